The van der Waals surface area contributed by atoms with Gasteiger partial charge in [0.05, 0.1) is 12.7 Å². The summed E-state index contributed by atoms with van der Waals surface area (Å²) in [6, 6.07) is 8.60. The van der Waals surface area contributed by atoms with Crippen molar-refractivity contribution in [1.82, 2.24) is 4.90 Å². The van der Waals surface area contributed by atoms with Crippen LogP contribution in [0.15, 0.2) is 24.3 Å². The first kappa shape index (κ1) is 14.4. The maximum absolute atomic E-state index is 5.83. The van der Waals surface area contributed by atoms with Crippen LogP contribution in [0, 0.1) is 0 Å². The lowest BCUT2D eigenvalue weighted by molar-refractivity contribution is -0.0191. The van der Waals surface area contributed by atoms with Crippen molar-refractivity contribution in [2.24, 2.45) is 0 Å². The summed E-state index contributed by atoms with van der Waals surface area (Å²) >= 11 is 0. The summed E-state index contributed by atoms with van der Waals surface area (Å²) in [7, 11) is 0. The van der Waals surface area contributed by atoms with Crippen molar-refractivity contribution in [3.05, 3.63) is 29.8 Å². The monoisotopic (exact) mass is 262 g/mol. The zero-order valence-electron chi connectivity index (χ0n) is 12.2. The predicted octanol–water partition coefficient (Wildman–Crippen LogP) is 2.77. The van der Waals surface area contributed by atoms with Crippen LogP contribution in [-0.4, -0.2) is 43.8 Å². The second-order valence-corrected chi connectivity index (χ2v) is 5.17. The molecule has 1 atom stereocenters. The van der Waals surface area contributed by atoms with Crippen LogP contribution < -0.4 is 5.32 Å². The van der Waals surface area contributed by atoms with Gasteiger partial charge in [0.15, 0.2) is 0 Å². The van der Waals surface area contributed by atoms with Gasteiger partial charge in [-0.05, 0) is 24.6 Å². The maximum Gasteiger partial charge on any atom is 0.0874 e. The third-order valence-corrected chi connectivity index (χ3v) is 3.73. The molecule has 0 saturated carbocycles. The molecule has 1 aliphatic rings. The van der Waals surface area contributed by atoms with Gasteiger partial charge in [-0.25, -0.2) is 0 Å². The molecule has 1 saturated heterocycles. The van der Waals surface area contributed by atoms with Gasteiger partial charge in [-0.15, -0.1) is 0 Å². The Morgan fingerprint density at radius 1 is 1.32 bits per heavy atom. The van der Waals surface area contributed by atoms with E-state index >= 15 is 0 Å². The van der Waals surface area contributed by atoms with Crippen LogP contribution in [0.5, 0.6) is 0 Å². The van der Waals surface area contributed by atoms with Crippen LogP contribution in [0.2, 0.25) is 0 Å². The molecule has 1 aliphatic heterocycles. The summed E-state index contributed by atoms with van der Waals surface area (Å²) in [6.07, 6.45) is 2.63. The van der Waals surface area contributed by atoms with E-state index in [0.717, 1.165) is 39.2 Å². The molecule has 0 bridgehead atoms. The summed E-state index contributed by atoms with van der Waals surface area (Å²) in [5.74, 6) is 0. The van der Waals surface area contributed by atoms with Crippen LogP contribution in [-0.2, 0) is 11.2 Å². The lowest BCUT2D eigenvalue weighted by atomic mass is 10.1. The molecule has 19 heavy (non-hydrogen) atoms. The minimum absolute atomic E-state index is 0.309. The van der Waals surface area contributed by atoms with Crippen LogP contribution in [0.1, 0.15) is 25.8 Å². The molecule has 3 heteroatoms. The number of likely N-dealkylation sites (N-methyl/N-ethyl adjacent to an activating group) is 1. The van der Waals surface area contributed by atoms with E-state index in [0.29, 0.717) is 6.10 Å². The highest BCUT2D eigenvalue weighted by Crippen LogP contribution is 2.17. The first-order valence-corrected chi connectivity index (χ1v) is 7.49. The molecule has 0 aromatic heterocycles. The first-order chi connectivity index (χ1) is 9.33. The van der Waals surface area contributed by atoms with Crippen molar-refractivity contribution < 1.29 is 4.74 Å². The molecular weight excluding hydrogens is 236 g/mol. The van der Waals surface area contributed by atoms with Crippen LogP contribution in [0.4, 0.5) is 5.69 Å². The zero-order chi connectivity index (χ0) is 13.5. The molecule has 0 amide bonds. The Morgan fingerprint density at radius 2 is 2.16 bits per heavy atom. The van der Waals surface area contributed by atoms with E-state index in [4.69, 9.17) is 4.74 Å². The number of rotatable bonds is 6. The second kappa shape index (κ2) is 7.51. The Balaban J connectivity index is 1.87. The topological polar surface area (TPSA) is 24.5 Å². The van der Waals surface area contributed by atoms with E-state index in [1.54, 1.807) is 0 Å². The van der Waals surface area contributed by atoms with Gasteiger partial charge in [-0.1, -0.05) is 38.5 Å². The molecule has 1 fully saturated rings. The highest BCUT2D eigenvalue weighted by Gasteiger charge is 2.18. The van der Waals surface area contributed by atoms with E-state index in [9.17, 15) is 0 Å². The highest BCUT2D eigenvalue weighted by molar-refractivity contribution is 5.51. The Hall–Kier alpha value is -1.06. The van der Waals surface area contributed by atoms with E-state index in [1.807, 2.05) is 0 Å². The smallest absolute Gasteiger partial charge is 0.0874 e. The van der Waals surface area contributed by atoms with Gasteiger partial charge < -0.3 is 10.1 Å². The van der Waals surface area contributed by atoms with Gasteiger partial charge >= 0.3 is 0 Å². The first-order valence-electron chi connectivity index (χ1n) is 7.49. The van der Waals surface area contributed by atoms with Crippen molar-refractivity contribution in [2.45, 2.75) is 32.8 Å². The molecule has 1 N–H and O–H groups in total. The molecule has 2 rings (SSSR count). The summed E-state index contributed by atoms with van der Waals surface area (Å²) in [5.41, 5.74) is 2.68. The largest absolute Gasteiger partial charge is 0.382 e. The molecular formula is C16H26N2O. The van der Waals surface area contributed by atoms with E-state index in [-0.39, 0.29) is 0 Å². The molecule has 0 aliphatic carbocycles. The maximum atomic E-state index is 5.83. The average Bonchev–Trinajstić information content (AvgIpc) is 2.47. The van der Waals surface area contributed by atoms with E-state index in [2.05, 4.69) is 48.3 Å². The number of morpholine rings is 1. The number of para-hydroxylation sites is 1. The van der Waals surface area contributed by atoms with Gasteiger partial charge in [0.25, 0.3) is 0 Å². The number of aryl methyl sites for hydroxylation is 1. The van der Waals surface area contributed by atoms with Gasteiger partial charge in [0, 0.05) is 25.3 Å². The molecule has 1 aromatic rings. The van der Waals surface area contributed by atoms with Crippen molar-refractivity contribution in [2.75, 3.05) is 38.1 Å². The fourth-order valence-corrected chi connectivity index (χ4v) is 2.60. The van der Waals surface area contributed by atoms with Crippen molar-refractivity contribution >= 4 is 5.69 Å². The number of nitrogens with zero attached hydrogens (tertiary/aromatic N) is 1. The van der Waals surface area contributed by atoms with Crippen molar-refractivity contribution in [3.8, 4) is 0 Å². The lowest BCUT2D eigenvalue weighted by Gasteiger charge is -2.32. The van der Waals surface area contributed by atoms with Gasteiger partial charge in [-0.3, -0.25) is 4.90 Å². The second-order valence-electron chi connectivity index (χ2n) is 5.17. The number of hydrogen-bond acceptors (Lipinski definition) is 3. The van der Waals surface area contributed by atoms with Crippen LogP contribution in [0.3, 0.4) is 0 Å². The molecule has 1 heterocycles. The number of hydrogen-bond donors (Lipinski definition) is 1. The number of anilines is 1. The zero-order valence-corrected chi connectivity index (χ0v) is 12.2. The van der Waals surface area contributed by atoms with Crippen molar-refractivity contribution in [3.63, 3.8) is 0 Å². The minimum Gasteiger partial charge on any atom is -0.382 e. The predicted molar refractivity (Wildman–Crippen MR) is 80.8 cm³/mol. The average molecular weight is 262 g/mol. The Kier molecular flexibility index (Phi) is 5.67. The summed E-state index contributed by atoms with van der Waals surface area (Å²) in [5, 5.41) is 3.56. The molecule has 1 unspecified atom stereocenters. The SMILES string of the molecule is CCCc1ccccc1NCC1CN(CC)CCO1. The fourth-order valence-electron chi connectivity index (χ4n) is 2.60. The standard InChI is InChI=1S/C16H26N2O/c1-3-7-14-8-5-6-9-16(14)17-12-15-13-18(4-2)10-11-19-15/h5-6,8-9,15,17H,3-4,7,10-13H2,1-2H3. The summed E-state index contributed by atoms with van der Waals surface area (Å²) in [4.78, 5) is 2.45. The Bertz CT molecular complexity index is 381. The molecule has 106 valence electrons. The third kappa shape index (κ3) is 4.22. The quantitative estimate of drug-likeness (QED) is 0.853. The van der Waals surface area contributed by atoms with E-state index in [1.165, 1.54) is 17.7 Å². The van der Waals surface area contributed by atoms with Gasteiger partial charge in [-0.2, -0.15) is 0 Å². The lowest BCUT2D eigenvalue weighted by Crippen LogP contribution is -2.45. The van der Waals surface area contributed by atoms with E-state index < -0.39 is 0 Å². The fraction of sp³-hybridized carbons (Fsp3) is 0.625. The summed E-state index contributed by atoms with van der Waals surface area (Å²) in [6.45, 7) is 9.42. The highest BCUT2D eigenvalue weighted by atomic mass is 16.5. The molecule has 1 aromatic carbocycles. The number of nitrogens with one attached hydrogen (secondary N) is 1. The Labute approximate surface area is 116 Å². The van der Waals surface area contributed by atoms with Gasteiger partial charge in [0.1, 0.15) is 0 Å². The van der Waals surface area contributed by atoms with Crippen molar-refractivity contribution in [1.29, 1.82) is 0 Å². The number of benzene rings is 1. The van der Waals surface area contributed by atoms with Gasteiger partial charge in [0.2, 0.25) is 0 Å². The van der Waals surface area contributed by atoms with Crippen LogP contribution >= 0.6 is 0 Å². The Morgan fingerprint density at radius 3 is 2.95 bits per heavy atom. The summed E-state index contributed by atoms with van der Waals surface area (Å²) < 4.78 is 5.83. The van der Waals surface area contributed by atoms with Crippen LogP contribution in [0.25, 0.3) is 0 Å². The third-order valence-electron chi connectivity index (χ3n) is 3.73. The molecule has 3 nitrogen and oxygen atoms in total. The molecule has 0 spiro atoms. The minimum atomic E-state index is 0.309. The normalized spacial score (nSPS) is 20.4. The number of ether oxygens (including phenoxy) is 1. The molecule has 0 radical (unpaired) electrons.